The second kappa shape index (κ2) is 4.61. The maximum atomic E-state index is 13.2. The van der Waals surface area contributed by atoms with Crippen LogP contribution in [0.2, 0.25) is 5.02 Å². The average Bonchev–Trinajstić information content (AvgIpc) is 3.05. The van der Waals surface area contributed by atoms with Gasteiger partial charge < -0.3 is 5.11 Å². The van der Waals surface area contributed by atoms with Gasteiger partial charge in [0.15, 0.2) is 11.6 Å². The number of hydrogen-bond acceptors (Lipinski definition) is 1. The van der Waals surface area contributed by atoms with E-state index >= 15 is 0 Å². The molecule has 0 radical (unpaired) electrons. The van der Waals surface area contributed by atoms with Crippen LogP contribution < -0.4 is 0 Å². The number of rotatable bonds is 4. The minimum absolute atomic E-state index is 0.0773. The van der Waals surface area contributed by atoms with E-state index in [-0.39, 0.29) is 23.3 Å². The fraction of sp³-hybridized carbons (Fsp3) is 0.417. The van der Waals surface area contributed by atoms with Crippen molar-refractivity contribution in [2.24, 2.45) is 5.92 Å². The van der Waals surface area contributed by atoms with Gasteiger partial charge in [-0.15, -0.1) is 0 Å². The molecule has 1 aromatic carbocycles. The van der Waals surface area contributed by atoms with E-state index in [0.717, 1.165) is 18.9 Å². The maximum Gasteiger partial charge on any atom is 0.303 e. The summed E-state index contributed by atoms with van der Waals surface area (Å²) in [6.07, 6.45) is 1.77. The second-order valence-corrected chi connectivity index (χ2v) is 4.75. The molecule has 1 saturated carbocycles. The third kappa shape index (κ3) is 2.75. The zero-order chi connectivity index (χ0) is 12.6. The predicted octanol–water partition coefficient (Wildman–Crippen LogP) is 3.59. The lowest BCUT2D eigenvalue weighted by Crippen LogP contribution is -2.09. The zero-order valence-electron chi connectivity index (χ0n) is 8.92. The Bertz CT molecular complexity index is 435. The van der Waals surface area contributed by atoms with E-state index in [9.17, 15) is 13.6 Å². The molecule has 1 aromatic rings. The Morgan fingerprint density at radius 2 is 2.12 bits per heavy atom. The van der Waals surface area contributed by atoms with Gasteiger partial charge in [0.1, 0.15) is 0 Å². The summed E-state index contributed by atoms with van der Waals surface area (Å²) in [6, 6.07) is 2.37. The Balaban J connectivity index is 2.32. The van der Waals surface area contributed by atoms with Crippen LogP contribution in [0.25, 0.3) is 0 Å². The molecule has 0 heterocycles. The maximum absolute atomic E-state index is 13.2. The monoisotopic (exact) mass is 260 g/mol. The molecule has 2 nitrogen and oxygen atoms in total. The summed E-state index contributed by atoms with van der Waals surface area (Å²) < 4.78 is 26.2. The van der Waals surface area contributed by atoms with Crippen molar-refractivity contribution < 1.29 is 18.7 Å². The third-order valence-corrected chi connectivity index (χ3v) is 3.29. The number of carboxylic acids is 1. The van der Waals surface area contributed by atoms with Crippen molar-refractivity contribution in [3.8, 4) is 0 Å². The Morgan fingerprint density at radius 3 is 2.59 bits per heavy atom. The smallest absolute Gasteiger partial charge is 0.303 e. The summed E-state index contributed by atoms with van der Waals surface area (Å²) in [7, 11) is 0. The normalized spacial score (nSPS) is 16.9. The predicted molar refractivity (Wildman–Crippen MR) is 59.1 cm³/mol. The van der Waals surface area contributed by atoms with Crippen LogP contribution in [0.3, 0.4) is 0 Å². The lowest BCUT2D eigenvalue weighted by Gasteiger charge is -2.15. The third-order valence-electron chi connectivity index (χ3n) is 3.02. The van der Waals surface area contributed by atoms with Crippen molar-refractivity contribution in [3.63, 3.8) is 0 Å². The van der Waals surface area contributed by atoms with Gasteiger partial charge in [0.25, 0.3) is 0 Å². The highest BCUT2D eigenvalue weighted by Gasteiger charge is 2.34. The number of benzene rings is 1. The van der Waals surface area contributed by atoms with Crippen molar-refractivity contribution in [1.29, 1.82) is 0 Å². The summed E-state index contributed by atoms with van der Waals surface area (Å²) in [5, 5.41) is 8.52. The summed E-state index contributed by atoms with van der Waals surface area (Å²) in [4.78, 5) is 10.8. The lowest BCUT2D eigenvalue weighted by atomic mass is 9.91. The van der Waals surface area contributed by atoms with Crippen LogP contribution in [-0.2, 0) is 4.79 Å². The SMILES string of the molecule is O=C(O)CC(c1cc(F)c(F)c(Cl)c1)C1CC1. The molecule has 0 amide bonds. The number of hydrogen-bond donors (Lipinski definition) is 1. The summed E-state index contributed by atoms with van der Waals surface area (Å²) >= 11 is 5.56. The van der Waals surface area contributed by atoms with Gasteiger partial charge in [-0.2, -0.15) is 0 Å². The van der Waals surface area contributed by atoms with Gasteiger partial charge >= 0.3 is 5.97 Å². The van der Waals surface area contributed by atoms with Crippen LogP contribution in [0.15, 0.2) is 12.1 Å². The second-order valence-electron chi connectivity index (χ2n) is 4.34. The molecule has 1 aliphatic carbocycles. The van der Waals surface area contributed by atoms with Crippen LogP contribution >= 0.6 is 11.6 Å². The van der Waals surface area contributed by atoms with Gasteiger partial charge in [0.2, 0.25) is 0 Å². The Kier molecular flexibility index (Phi) is 3.33. The molecule has 5 heteroatoms. The van der Waals surface area contributed by atoms with Crippen molar-refractivity contribution in [2.75, 3.05) is 0 Å². The fourth-order valence-corrected chi connectivity index (χ4v) is 2.25. The zero-order valence-corrected chi connectivity index (χ0v) is 9.68. The molecule has 0 aromatic heterocycles. The molecular weight excluding hydrogens is 250 g/mol. The first-order valence-electron chi connectivity index (χ1n) is 5.35. The standard InChI is InChI=1S/C12H11ClF2O2/c13-9-3-7(4-10(14)12(9)15)8(5-11(16)17)6-1-2-6/h3-4,6,8H,1-2,5H2,(H,16,17). The van der Waals surface area contributed by atoms with Gasteiger partial charge in [-0.3, -0.25) is 4.79 Å². The molecule has 1 N–H and O–H groups in total. The summed E-state index contributed by atoms with van der Waals surface area (Å²) in [5.74, 6) is -3.08. The van der Waals surface area contributed by atoms with E-state index in [1.54, 1.807) is 0 Å². The van der Waals surface area contributed by atoms with E-state index in [1.807, 2.05) is 0 Å². The highest BCUT2D eigenvalue weighted by atomic mass is 35.5. The van der Waals surface area contributed by atoms with Crippen molar-refractivity contribution >= 4 is 17.6 Å². The van der Waals surface area contributed by atoms with Gasteiger partial charge in [-0.25, -0.2) is 8.78 Å². The van der Waals surface area contributed by atoms with Gasteiger partial charge in [-0.05, 0) is 42.4 Å². The number of aliphatic carboxylic acids is 1. The Morgan fingerprint density at radius 1 is 1.47 bits per heavy atom. The van der Waals surface area contributed by atoms with E-state index in [2.05, 4.69) is 0 Å². The molecule has 0 aliphatic heterocycles. The minimum atomic E-state index is -1.08. The van der Waals surface area contributed by atoms with Crippen molar-refractivity contribution in [1.82, 2.24) is 0 Å². The molecule has 1 unspecified atom stereocenters. The molecule has 92 valence electrons. The average molecular weight is 261 g/mol. The summed E-state index contributed by atoms with van der Waals surface area (Å²) in [5.41, 5.74) is 0.471. The molecule has 0 spiro atoms. The van der Waals surface area contributed by atoms with E-state index in [1.165, 1.54) is 6.07 Å². The van der Waals surface area contributed by atoms with Crippen LogP contribution in [0.5, 0.6) is 0 Å². The van der Waals surface area contributed by atoms with Crippen LogP contribution in [0, 0.1) is 17.6 Å². The number of carboxylic acid groups (broad SMARTS) is 1. The fourth-order valence-electron chi connectivity index (χ4n) is 2.03. The van der Waals surface area contributed by atoms with Crippen molar-refractivity contribution in [3.05, 3.63) is 34.4 Å². The first kappa shape index (κ1) is 12.3. The van der Waals surface area contributed by atoms with E-state index < -0.39 is 17.6 Å². The number of halogens is 3. The van der Waals surface area contributed by atoms with E-state index in [4.69, 9.17) is 16.7 Å². The highest BCUT2D eigenvalue weighted by Crippen LogP contribution is 2.45. The highest BCUT2D eigenvalue weighted by molar-refractivity contribution is 6.30. The molecule has 1 fully saturated rings. The lowest BCUT2D eigenvalue weighted by molar-refractivity contribution is -0.137. The van der Waals surface area contributed by atoms with Crippen molar-refractivity contribution in [2.45, 2.75) is 25.2 Å². The molecule has 2 rings (SSSR count). The van der Waals surface area contributed by atoms with E-state index in [0.29, 0.717) is 5.56 Å². The quantitative estimate of drug-likeness (QED) is 0.840. The first-order chi connectivity index (χ1) is 7.99. The molecule has 1 aliphatic rings. The van der Waals surface area contributed by atoms with Crippen LogP contribution in [0.4, 0.5) is 8.78 Å². The van der Waals surface area contributed by atoms with Gasteiger partial charge in [0.05, 0.1) is 11.4 Å². The summed E-state index contributed by atoms with van der Waals surface area (Å²) in [6.45, 7) is 0. The molecule has 0 saturated heterocycles. The molecular formula is C12H11ClF2O2. The molecule has 0 bridgehead atoms. The molecule has 17 heavy (non-hydrogen) atoms. The number of carbonyl (C=O) groups is 1. The first-order valence-corrected chi connectivity index (χ1v) is 5.73. The van der Waals surface area contributed by atoms with Gasteiger partial charge in [0, 0.05) is 0 Å². The minimum Gasteiger partial charge on any atom is -0.481 e. The Labute approximate surface area is 102 Å². The topological polar surface area (TPSA) is 37.3 Å². The van der Waals surface area contributed by atoms with Crippen LogP contribution in [0.1, 0.15) is 30.7 Å². The largest absolute Gasteiger partial charge is 0.481 e. The molecule has 1 atom stereocenters. The van der Waals surface area contributed by atoms with Gasteiger partial charge in [-0.1, -0.05) is 11.6 Å². The van der Waals surface area contributed by atoms with Crippen LogP contribution in [-0.4, -0.2) is 11.1 Å². The Hall–Kier alpha value is -1.16.